The molecule has 0 radical (unpaired) electrons. The van der Waals surface area contributed by atoms with E-state index in [0.29, 0.717) is 22.6 Å². The number of hydrogen-bond donors (Lipinski definition) is 3. The lowest BCUT2D eigenvalue weighted by molar-refractivity contribution is -0.148. The first kappa shape index (κ1) is 21.3. The first-order valence-electron chi connectivity index (χ1n) is 11.7. The summed E-state index contributed by atoms with van der Waals surface area (Å²) in [5.41, 5.74) is 4.79. The van der Waals surface area contributed by atoms with Crippen molar-refractivity contribution >= 4 is 23.8 Å². The molecule has 31 heavy (non-hydrogen) atoms. The van der Waals surface area contributed by atoms with E-state index in [2.05, 4.69) is 10.0 Å². The average Bonchev–Trinajstić information content (AvgIpc) is 2.75. The summed E-state index contributed by atoms with van der Waals surface area (Å²) in [5.74, 6) is 0.857. The fraction of sp³-hybridized carbons (Fsp3) is 0.667. The summed E-state index contributed by atoms with van der Waals surface area (Å²) >= 11 is 1.23. The Morgan fingerprint density at radius 3 is 2.35 bits per heavy atom. The summed E-state index contributed by atoms with van der Waals surface area (Å²) in [4.78, 5) is 26.4. The standard InChI is InChI=1S/C24H32FN3O2S/c25-18-6-2-3-7-19(18)31-28-24(8-4-1-5-9-24)22(30)27-20-16-10-15-11-17(20)14-23(12-15,13-16)21(26)29/h2-3,6-7,15-17,20,28H,1,4-5,8-14H2,(H2,26,29)(H,27,30). The molecule has 2 unspecified atom stereocenters. The molecule has 1 aromatic carbocycles. The van der Waals surface area contributed by atoms with Crippen molar-refractivity contribution in [3.63, 3.8) is 0 Å². The Morgan fingerprint density at radius 1 is 1.03 bits per heavy atom. The number of rotatable bonds is 6. The maximum atomic E-state index is 14.1. The number of benzene rings is 1. The van der Waals surface area contributed by atoms with Crippen molar-refractivity contribution in [3.8, 4) is 0 Å². The molecule has 5 aliphatic rings. The number of primary amides is 1. The number of carbonyl (C=O) groups is 2. The van der Waals surface area contributed by atoms with Crippen LogP contribution in [0.3, 0.4) is 0 Å². The molecule has 2 atom stereocenters. The van der Waals surface area contributed by atoms with Gasteiger partial charge in [0.2, 0.25) is 11.8 Å². The maximum Gasteiger partial charge on any atom is 0.241 e. The van der Waals surface area contributed by atoms with E-state index >= 15 is 0 Å². The van der Waals surface area contributed by atoms with Crippen LogP contribution in [0, 0.1) is 29.0 Å². The Kier molecular flexibility index (Phi) is 5.53. The monoisotopic (exact) mass is 445 g/mol. The zero-order chi connectivity index (χ0) is 21.6. The molecule has 4 bridgehead atoms. The fourth-order valence-electron chi connectivity index (χ4n) is 7.06. The van der Waals surface area contributed by atoms with Gasteiger partial charge in [0.25, 0.3) is 0 Å². The smallest absolute Gasteiger partial charge is 0.241 e. The average molecular weight is 446 g/mol. The number of hydrogen-bond acceptors (Lipinski definition) is 4. The SMILES string of the molecule is NC(=O)C12CC3CC(C1)C(NC(=O)C1(NSc4ccccc4F)CCCCC1)C(C3)C2. The lowest BCUT2D eigenvalue weighted by Crippen LogP contribution is -2.65. The highest BCUT2D eigenvalue weighted by molar-refractivity contribution is 7.97. The van der Waals surface area contributed by atoms with Crippen molar-refractivity contribution in [2.75, 3.05) is 0 Å². The molecule has 2 amide bonds. The third-order valence-electron chi connectivity index (χ3n) is 8.43. The number of amides is 2. The van der Waals surface area contributed by atoms with Crippen LogP contribution in [0.1, 0.15) is 64.2 Å². The topological polar surface area (TPSA) is 84.2 Å². The van der Waals surface area contributed by atoms with Crippen molar-refractivity contribution in [1.29, 1.82) is 0 Å². The normalized spacial score (nSPS) is 35.6. The van der Waals surface area contributed by atoms with E-state index in [4.69, 9.17) is 5.73 Å². The van der Waals surface area contributed by atoms with Gasteiger partial charge in [0, 0.05) is 11.5 Å². The van der Waals surface area contributed by atoms with Gasteiger partial charge in [-0.2, -0.15) is 0 Å². The Bertz CT molecular complexity index is 856. The highest BCUT2D eigenvalue weighted by Crippen LogP contribution is 2.60. The zero-order valence-electron chi connectivity index (χ0n) is 17.9. The van der Waals surface area contributed by atoms with Crippen LogP contribution in [0.5, 0.6) is 0 Å². The van der Waals surface area contributed by atoms with Crippen LogP contribution in [-0.4, -0.2) is 23.4 Å². The van der Waals surface area contributed by atoms with Gasteiger partial charge >= 0.3 is 0 Å². The second-order valence-corrected chi connectivity index (χ2v) is 11.2. The molecular weight excluding hydrogens is 413 g/mol. The second kappa shape index (κ2) is 8.07. The van der Waals surface area contributed by atoms with Crippen LogP contribution in [0.2, 0.25) is 0 Å². The zero-order valence-corrected chi connectivity index (χ0v) is 18.7. The van der Waals surface area contributed by atoms with Gasteiger partial charge in [-0.25, -0.2) is 9.11 Å². The Morgan fingerprint density at radius 2 is 1.71 bits per heavy atom. The van der Waals surface area contributed by atoms with Gasteiger partial charge < -0.3 is 11.1 Å². The molecule has 4 N–H and O–H groups in total. The molecule has 0 saturated heterocycles. The van der Waals surface area contributed by atoms with Crippen LogP contribution in [0.15, 0.2) is 29.2 Å². The van der Waals surface area contributed by atoms with Crippen molar-refractivity contribution in [1.82, 2.24) is 10.0 Å². The summed E-state index contributed by atoms with van der Waals surface area (Å²) in [6.45, 7) is 0. The molecule has 168 valence electrons. The highest BCUT2D eigenvalue weighted by Gasteiger charge is 2.58. The van der Waals surface area contributed by atoms with Gasteiger partial charge in [0.05, 0.1) is 4.90 Å². The predicted octanol–water partition coefficient (Wildman–Crippen LogP) is 3.92. The van der Waals surface area contributed by atoms with E-state index in [9.17, 15) is 14.0 Å². The summed E-state index contributed by atoms with van der Waals surface area (Å²) in [5, 5.41) is 3.42. The molecule has 0 heterocycles. The molecule has 0 spiro atoms. The molecule has 0 aromatic heterocycles. The Hall–Kier alpha value is -1.60. The lowest BCUT2D eigenvalue weighted by atomic mass is 9.47. The van der Waals surface area contributed by atoms with Crippen molar-refractivity contribution in [3.05, 3.63) is 30.1 Å². The van der Waals surface area contributed by atoms with Crippen LogP contribution in [0.25, 0.3) is 0 Å². The second-order valence-electron chi connectivity index (χ2n) is 10.4. The predicted molar refractivity (Wildman–Crippen MR) is 118 cm³/mol. The van der Waals surface area contributed by atoms with E-state index in [1.54, 1.807) is 12.1 Å². The van der Waals surface area contributed by atoms with E-state index in [-0.39, 0.29) is 29.1 Å². The van der Waals surface area contributed by atoms with Crippen molar-refractivity contribution in [2.45, 2.75) is 80.7 Å². The highest BCUT2D eigenvalue weighted by atomic mass is 32.2. The van der Waals surface area contributed by atoms with Gasteiger partial charge in [-0.3, -0.25) is 9.59 Å². The minimum atomic E-state index is -0.679. The number of halogens is 1. The van der Waals surface area contributed by atoms with Crippen molar-refractivity contribution in [2.24, 2.45) is 28.9 Å². The Labute approximate surface area is 187 Å². The number of nitrogens with one attached hydrogen (secondary N) is 2. The third kappa shape index (κ3) is 3.78. The van der Waals surface area contributed by atoms with E-state index in [1.165, 1.54) is 18.0 Å². The quantitative estimate of drug-likeness (QED) is 0.580. The van der Waals surface area contributed by atoms with Crippen LogP contribution < -0.4 is 15.8 Å². The van der Waals surface area contributed by atoms with E-state index < -0.39 is 5.54 Å². The molecule has 7 heteroatoms. The molecule has 0 aliphatic heterocycles. The van der Waals surface area contributed by atoms with Crippen molar-refractivity contribution < 1.29 is 14.0 Å². The maximum absolute atomic E-state index is 14.1. The minimum absolute atomic E-state index is 0.0432. The first-order valence-corrected chi connectivity index (χ1v) is 12.5. The van der Waals surface area contributed by atoms with Gasteiger partial charge in [0.1, 0.15) is 11.4 Å². The third-order valence-corrected chi connectivity index (χ3v) is 9.47. The molecule has 5 saturated carbocycles. The first-order chi connectivity index (χ1) is 14.9. The van der Waals surface area contributed by atoms with Crippen LogP contribution >= 0.6 is 11.9 Å². The summed E-state index contributed by atoms with van der Waals surface area (Å²) in [7, 11) is 0. The summed E-state index contributed by atoms with van der Waals surface area (Å²) in [6.07, 6.45) is 9.34. The summed E-state index contributed by atoms with van der Waals surface area (Å²) in [6, 6.07) is 6.79. The molecular formula is C24H32FN3O2S. The fourth-order valence-corrected chi connectivity index (χ4v) is 7.98. The minimum Gasteiger partial charge on any atom is -0.369 e. The largest absolute Gasteiger partial charge is 0.369 e. The molecule has 5 aliphatic carbocycles. The molecule has 6 rings (SSSR count). The van der Waals surface area contributed by atoms with Crippen LogP contribution in [-0.2, 0) is 9.59 Å². The molecule has 5 nitrogen and oxygen atoms in total. The van der Waals surface area contributed by atoms with Gasteiger partial charge in [-0.1, -0.05) is 31.4 Å². The van der Waals surface area contributed by atoms with E-state index in [1.807, 2.05) is 6.07 Å². The lowest BCUT2D eigenvalue weighted by Gasteiger charge is -2.59. The van der Waals surface area contributed by atoms with E-state index in [0.717, 1.165) is 64.2 Å². The van der Waals surface area contributed by atoms with Gasteiger partial charge in [-0.15, -0.1) is 0 Å². The summed E-state index contributed by atoms with van der Waals surface area (Å²) < 4.78 is 17.5. The van der Waals surface area contributed by atoms with Crippen LogP contribution in [0.4, 0.5) is 4.39 Å². The Balaban J connectivity index is 1.31. The van der Waals surface area contributed by atoms with Gasteiger partial charge in [-0.05, 0) is 86.8 Å². The number of carbonyl (C=O) groups excluding carboxylic acids is 2. The molecule has 1 aromatic rings. The number of nitrogens with two attached hydrogens (primary N) is 1. The van der Waals surface area contributed by atoms with Gasteiger partial charge in [0.15, 0.2) is 0 Å². The molecule has 5 fully saturated rings.